The van der Waals surface area contributed by atoms with Crippen LogP contribution < -0.4 is 5.32 Å². The Kier molecular flexibility index (Phi) is 4.98. The Morgan fingerprint density at radius 2 is 1.93 bits per heavy atom. The molecule has 29 heavy (non-hydrogen) atoms. The van der Waals surface area contributed by atoms with Crippen molar-refractivity contribution >= 4 is 34.7 Å². The Balaban J connectivity index is 1.41. The van der Waals surface area contributed by atoms with Crippen LogP contribution in [0.3, 0.4) is 0 Å². The first kappa shape index (κ1) is 19.0. The molecule has 4 rings (SSSR count). The number of carbonyl (C=O) groups is 3. The summed E-state index contributed by atoms with van der Waals surface area (Å²) in [6.07, 6.45) is 0. The Hall–Kier alpha value is -3.32. The van der Waals surface area contributed by atoms with E-state index in [0.29, 0.717) is 16.3 Å². The van der Waals surface area contributed by atoms with Gasteiger partial charge in [0.15, 0.2) is 18.1 Å². The van der Waals surface area contributed by atoms with Crippen LogP contribution in [-0.2, 0) is 9.53 Å². The number of carbonyl (C=O) groups excluding carboxylic acids is 3. The molecule has 7 heteroatoms. The van der Waals surface area contributed by atoms with Gasteiger partial charge in [0.1, 0.15) is 5.01 Å². The van der Waals surface area contributed by atoms with E-state index in [0.717, 1.165) is 16.7 Å². The van der Waals surface area contributed by atoms with E-state index in [4.69, 9.17) is 4.74 Å². The van der Waals surface area contributed by atoms with E-state index < -0.39 is 5.97 Å². The van der Waals surface area contributed by atoms with Gasteiger partial charge >= 0.3 is 5.97 Å². The molecular formula is C22H18N2O4S. The van der Waals surface area contributed by atoms with Gasteiger partial charge in [0, 0.05) is 22.2 Å². The van der Waals surface area contributed by atoms with E-state index in [9.17, 15) is 14.4 Å². The number of nitrogens with zero attached hydrogens (tertiary/aromatic N) is 1. The SMILES string of the molecule is Cc1ccc(-c2nc(C(=O)OCC(=O)c3ccc4c(c3)[C@@H](C)C(=O)N4)cs2)cc1. The topological polar surface area (TPSA) is 85.4 Å². The lowest BCUT2D eigenvalue weighted by molar-refractivity contribution is -0.116. The second-order valence-corrected chi connectivity index (χ2v) is 7.77. The molecule has 1 atom stereocenters. The normalized spacial score (nSPS) is 15.0. The molecule has 1 amide bonds. The molecule has 3 aromatic rings. The third-order valence-electron chi connectivity index (χ3n) is 4.84. The Bertz CT molecular complexity index is 1120. The maximum Gasteiger partial charge on any atom is 0.358 e. The summed E-state index contributed by atoms with van der Waals surface area (Å²) in [4.78, 5) is 40.8. The lowest BCUT2D eigenvalue weighted by atomic mass is 9.99. The predicted octanol–water partition coefficient (Wildman–Crippen LogP) is 4.21. The monoisotopic (exact) mass is 406 g/mol. The van der Waals surface area contributed by atoms with Gasteiger partial charge in [-0.3, -0.25) is 9.59 Å². The highest BCUT2D eigenvalue weighted by Crippen LogP contribution is 2.32. The van der Waals surface area contributed by atoms with E-state index in [1.165, 1.54) is 11.3 Å². The summed E-state index contributed by atoms with van der Waals surface area (Å²) in [6, 6.07) is 12.8. The molecule has 1 aliphatic rings. The van der Waals surface area contributed by atoms with Gasteiger partial charge in [-0.1, -0.05) is 29.8 Å². The number of thiazole rings is 1. The Morgan fingerprint density at radius 3 is 2.69 bits per heavy atom. The van der Waals surface area contributed by atoms with Crippen LogP contribution in [0.25, 0.3) is 10.6 Å². The van der Waals surface area contributed by atoms with Crippen molar-refractivity contribution in [1.29, 1.82) is 0 Å². The summed E-state index contributed by atoms with van der Waals surface area (Å²) in [5.74, 6) is -1.37. The van der Waals surface area contributed by atoms with Crippen molar-refractivity contribution in [2.24, 2.45) is 0 Å². The summed E-state index contributed by atoms with van der Waals surface area (Å²) in [7, 11) is 0. The highest BCUT2D eigenvalue weighted by molar-refractivity contribution is 7.13. The number of aromatic nitrogens is 1. The van der Waals surface area contributed by atoms with Crippen LogP contribution in [-0.4, -0.2) is 29.3 Å². The number of amides is 1. The molecule has 1 N–H and O–H groups in total. The summed E-state index contributed by atoms with van der Waals surface area (Å²) < 4.78 is 5.15. The van der Waals surface area contributed by atoms with Crippen molar-refractivity contribution in [2.45, 2.75) is 19.8 Å². The first-order valence-corrected chi connectivity index (χ1v) is 9.98. The van der Waals surface area contributed by atoms with Gasteiger partial charge in [-0.2, -0.15) is 0 Å². The molecule has 0 fully saturated rings. The number of aryl methyl sites for hydroxylation is 1. The molecule has 2 heterocycles. The minimum Gasteiger partial charge on any atom is -0.453 e. The molecular weight excluding hydrogens is 388 g/mol. The summed E-state index contributed by atoms with van der Waals surface area (Å²) >= 11 is 1.35. The number of fused-ring (bicyclic) bond motifs is 1. The summed E-state index contributed by atoms with van der Waals surface area (Å²) in [6.45, 7) is 3.40. The van der Waals surface area contributed by atoms with Crippen molar-refractivity contribution in [1.82, 2.24) is 4.98 Å². The van der Waals surface area contributed by atoms with E-state index in [1.807, 2.05) is 31.2 Å². The van der Waals surface area contributed by atoms with Crippen molar-refractivity contribution in [3.63, 3.8) is 0 Å². The molecule has 0 unspecified atom stereocenters. The average molecular weight is 406 g/mol. The van der Waals surface area contributed by atoms with Crippen molar-refractivity contribution < 1.29 is 19.1 Å². The van der Waals surface area contributed by atoms with Crippen LogP contribution >= 0.6 is 11.3 Å². The number of benzene rings is 2. The van der Waals surface area contributed by atoms with Crippen molar-refractivity contribution in [3.8, 4) is 10.6 Å². The van der Waals surface area contributed by atoms with E-state index in [2.05, 4.69) is 10.3 Å². The van der Waals surface area contributed by atoms with Crippen LogP contribution in [0.15, 0.2) is 47.8 Å². The fourth-order valence-corrected chi connectivity index (χ4v) is 3.87. The third kappa shape index (κ3) is 3.82. The summed E-state index contributed by atoms with van der Waals surface area (Å²) in [5.41, 5.74) is 4.13. The molecule has 146 valence electrons. The van der Waals surface area contributed by atoms with Gasteiger partial charge in [0.25, 0.3) is 0 Å². The average Bonchev–Trinajstić information content (AvgIpc) is 3.32. The Morgan fingerprint density at radius 1 is 1.17 bits per heavy atom. The lowest BCUT2D eigenvalue weighted by Gasteiger charge is -2.06. The fourth-order valence-electron chi connectivity index (χ4n) is 3.08. The first-order chi connectivity index (χ1) is 13.9. The minimum atomic E-state index is -0.640. The number of hydrogen-bond donors (Lipinski definition) is 1. The zero-order chi connectivity index (χ0) is 20.5. The van der Waals surface area contributed by atoms with Crippen LogP contribution in [0.5, 0.6) is 0 Å². The second-order valence-electron chi connectivity index (χ2n) is 6.92. The zero-order valence-corrected chi connectivity index (χ0v) is 16.7. The molecule has 0 spiro atoms. The number of anilines is 1. The number of ether oxygens (including phenoxy) is 1. The smallest absolute Gasteiger partial charge is 0.358 e. The summed E-state index contributed by atoms with van der Waals surface area (Å²) in [5, 5.41) is 5.10. The first-order valence-electron chi connectivity index (χ1n) is 9.10. The second kappa shape index (κ2) is 7.60. The largest absolute Gasteiger partial charge is 0.453 e. The number of esters is 1. The van der Waals surface area contributed by atoms with Crippen LogP contribution in [0.1, 0.15) is 44.8 Å². The predicted molar refractivity (Wildman–Crippen MR) is 110 cm³/mol. The number of rotatable bonds is 5. The highest BCUT2D eigenvalue weighted by Gasteiger charge is 2.27. The fraction of sp³-hybridized carbons (Fsp3) is 0.182. The van der Waals surface area contributed by atoms with E-state index >= 15 is 0 Å². The molecule has 0 bridgehead atoms. The number of Topliss-reactive ketones (excluding diaryl/α,β-unsaturated/α-hetero) is 1. The molecule has 0 saturated carbocycles. The molecule has 1 aromatic heterocycles. The van der Waals surface area contributed by atoms with Gasteiger partial charge in [-0.15, -0.1) is 11.3 Å². The van der Waals surface area contributed by atoms with Gasteiger partial charge < -0.3 is 10.1 Å². The lowest BCUT2D eigenvalue weighted by Crippen LogP contribution is -2.14. The standard InChI is InChI=1S/C22H18N2O4S/c1-12-3-5-14(6-4-12)21-24-18(11-29-21)22(27)28-10-19(25)15-7-8-17-16(9-15)13(2)20(26)23-17/h3-9,11,13H,10H2,1-2H3,(H,23,26)/t13-/m1/s1. The van der Waals surface area contributed by atoms with E-state index in [1.54, 1.807) is 30.5 Å². The minimum absolute atomic E-state index is 0.0936. The molecule has 2 aromatic carbocycles. The maximum atomic E-state index is 12.4. The van der Waals surface area contributed by atoms with Crippen LogP contribution in [0, 0.1) is 6.92 Å². The van der Waals surface area contributed by atoms with Crippen LogP contribution in [0.4, 0.5) is 5.69 Å². The van der Waals surface area contributed by atoms with Gasteiger partial charge in [0.05, 0.1) is 5.92 Å². The Labute approximate surface area is 171 Å². The van der Waals surface area contributed by atoms with E-state index in [-0.39, 0.29) is 29.9 Å². The van der Waals surface area contributed by atoms with Gasteiger partial charge in [0.2, 0.25) is 5.91 Å². The number of hydrogen-bond acceptors (Lipinski definition) is 6. The molecule has 0 saturated heterocycles. The van der Waals surface area contributed by atoms with Crippen LogP contribution in [0.2, 0.25) is 0 Å². The van der Waals surface area contributed by atoms with Gasteiger partial charge in [-0.05, 0) is 37.6 Å². The molecule has 0 aliphatic carbocycles. The highest BCUT2D eigenvalue weighted by atomic mass is 32.1. The number of nitrogens with one attached hydrogen (secondary N) is 1. The zero-order valence-electron chi connectivity index (χ0n) is 15.9. The maximum absolute atomic E-state index is 12.4. The van der Waals surface area contributed by atoms with Crippen molar-refractivity contribution in [3.05, 3.63) is 70.2 Å². The quantitative estimate of drug-likeness (QED) is 0.507. The third-order valence-corrected chi connectivity index (χ3v) is 5.73. The molecule has 6 nitrogen and oxygen atoms in total. The molecule has 0 radical (unpaired) electrons. The van der Waals surface area contributed by atoms with Gasteiger partial charge in [-0.25, -0.2) is 9.78 Å². The van der Waals surface area contributed by atoms with Crippen molar-refractivity contribution in [2.75, 3.05) is 11.9 Å². The number of ketones is 1. The molecule has 1 aliphatic heterocycles.